The second-order valence-corrected chi connectivity index (χ2v) is 11.2. The third kappa shape index (κ3) is 4.13. The number of Topliss-reactive ketones (excluding diaryl/α,β-unsaturated/α-hetero) is 1. The van der Waals surface area contributed by atoms with Gasteiger partial charge in [-0.25, -0.2) is 0 Å². The molecule has 1 aliphatic heterocycles. The lowest BCUT2D eigenvalue weighted by Crippen LogP contribution is -2.48. The van der Waals surface area contributed by atoms with Crippen LogP contribution in [0.4, 0.5) is 0 Å². The van der Waals surface area contributed by atoms with E-state index in [1.807, 2.05) is 0 Å². The number of phenolic OH excluding ortho intramolecular Hbond substituents is 2. The Kier molecular flexibility index (Phi) is 6.77. The molecule has 1 unspecified atom stereocenters. The number of aliphatic hydroxyl groups excluding tert-OH is 1. The molecule has 11 heteroatoms. The normalized spacial score (nSPS) is 26.8. The number of methoxy groups -OCH3 is 1. The maximum atomic E-state index is 13.6. The number of aromatic hydroxyl groups is 2. The second-order valence-electron chi connectivity index (χ2n) is 9.44. The van der Waals surface area contributed by atoms with Gasteiger partial charge in [0.05, 0.1) is 36.5 Å². The number of carbonyl (C=O) groups is 3. The van der Waals surface area contributed by atoms with E-state index in [-0.39, 0.29) is 38.3 Å². The molecule has 4 N–H and O–H groups in total. The first-order chi connectivity index (χ1) is 17.6. The summed E-state index contributed by atoms with van der Waals surface area (Å²) in [6.45, 7) is -0.549. The predicted octanol–water partition coefficient (Wildman–Crippen LogP) is 2.12. The lowest BCUT2D eigenvalue weighted by atomic mass is 9.72. The van der Waals surface area contributed by atoms with Gasteiger partial charge < -0.3 is 34.6 Å². The third-order valence-corrected chi connectivity index (χ3v) is 8.22. The van der Waals surface area contributed by atoms with Crippen molar-refractivity contribution in [2.45, 2.75) is 47.6 Å². The monoisotopic (exact) mass is 624 g/mol. The van der Waals surface area contributed by atoms with Crippen molar-refractivity contribution in [2.24, 2.45) is 0 Å². The van der Waals surface area contributed by atoms with Gasteiger partial charge in [0.25, 0.3) is 0 Å². The molecule has 3 aliphatic rings. The molecule has 1 saturated heterocycles. The number of phenols is 2. The maximum absolute atomic E-state index is 13.6. The number of fused-ring (bicyclic) bond motifs is 3. The van der Waals surface area contributed by atoms with Crippen LogP contribution in [0.5, 0.6) is 17.2 Å². The number of alkyl halides is 1. The molecule has 5 rings (SSSR count). The highest BCUT2D eigenvalue weighted by Gasteiger charge is 2.49. The van der Waals surface area contributed by atoms with E-state index in [1.54, 1.807) is 0 Å². The second kappa shape index (κ2) is 9.62. The SMILES string of the molecule is COc1cccc2c1C(=O)c1c(O)c3c(c(O)c1C2=O)C[C@@](O)(C(=O)CO)CC3O[C@H]1CC[C@@H](I)CO1. The van der Waals surface area contributed by atoms with Crippen LogP contribution in [-0.4, -0.2) is 73.9 Å². The van der Waals surface area contributed by atoms with Crippen LogP contribution in [-0.2, 0) is 20.7 Å². The molecule has 2 aromatic carbocycles. The van der Waals surface area contributed by atoms with E-state index < -0.39 is 71.0 Å². The molecule has 1 heterocycles. The minimum Gasteiger partial charge on any atom is -0.507 e. The molecular formula is C26H25IO10. The Morgan fingerprint density at radius 1 is 1.14 bits per heavy atom. The number of carbonyl (C=O) groups excluding carboxylic acids is 3. The van der Waals surface area contributed by atoms with Crippen LogP contribution in [0.3, 0.4) is 0 Å². The topological polar surface area (TPSA) is 160 Å². The summed E-state index contributed by atoms with van der Waals surface area (Å²) in [5, 5.41) is 43.4. The Morgan fingerprint density at radius 2 is 1.86 bits per heavy atom. The van der Waals surface area contributed by atoms with Crippen molar-refractivity contribution in [3.05, 3.63) is 51.6 Å². The van der Waals surface area contributed by atoms with E-state index >= 15 is 0 Å². The molecule has 2 aromatic rings. The van der Waals surface area contributed by atoms with Crippen molar-refractivity contribution in [2.75, 3.05) is 20.3 Å². The van der Waals surface area contributed by atoms with Crippen LogP contribution in [0, 0.1) is 0 Å². The summed E-state index contributed by atoms with van der Waals surface area (Å²) in [4.78, 5) is 39.6. The average molecular weight is 624 g/mol. The van der Waals surface area contributed by atoms with E-state index in [9.17, 15) is 34.8 Å². The fourth-order valence-corrected chi connectivity index (χ4v) is 5.95. The van der Waals surface area contributed by atoms with E-state index in [0.29, 0.717) is 13.0 Å². The van der Waals surface area contributed by atoms with Crippen molar-refractivity contribution >= 4 is 39.9 Å². The largest absolute Gasteiger partial charge is 0.507 e. The zero-order valence-electron chi connectivity index (χ0n) is 19.8. The number of benzene rings is 2. The number of halogens is 1. The summed E-state index contributed by atoms with van der Waals surface area (Å²) >= 11 is 2.25. The van der Waals surface area contributed by atoms with E-state index in [2.05, 4.69) is 22.6 Å². The fourth-order valence-electron chi connectivity index (χ4n) is 5.38. The summed E-state index contributed by atoms with van der Waals surface area (Å²) in [6, 6.07) is 4.45. The average Bonchev–Trinajstić information content (AvgIpc) is 2.89. The first kappa shape index (κ1) is 26.0. The standard InChI is InChI=1S/C26H25IO10/c1-35-14-4-2-3-12-18(14)24(32)21-20(22(12)30)23(31)13-7-26(34,16(29)9-28)8-15(19(13)25(21)33)37-17-6-5-11(27)10-36-17/h2-4,11,15,17,28,31,33-34H,5-10H2,1H3/t11-,15?,17+,26+/m1/s1. The quantitative estimate of drug-likeness (QED) is 0.188. The van der Waals surface area contributed by atoms with Gasteiger partial charge in [-0.05, 0) is 18.9 Å². The number of rotatable bonds is 5. The molecule has 0 saturated carbocycles. The van der Waals surface area contributed by atoms with Crippen molar-refractivity contribution in [1.82, 2.24) is 0 Å². The van der Waals surface area contributed by atoms with Crippen LogP contribution in [0.25, 0.3) is 0 Å². The van der Waals surface area contributed by atoms with Gasteiger partial charge in [-0.15, -0.1) is 0 Å². The molecule has 1 fully saturated rings. The smallest absolute Gasteiger partial charge is 0.202 e. The zero-order valence-corrected chi connectivity index (χ0v) is 22.0. The molecule has 0 bridgehead atoms. The zero-order chi connectivity index (χ0) is 26.6. The highest BCUT2D eigenvalue weighted by molar-refractivity contribution is 14.1. The van der Waals surface area contributed by atoms with Gasteiger partial charge in [-0.2, -0.15) is 0 Å². The van der Waals surface area contributed by atoms with E-state index in [4.69, 9.17) is 14.2 Å². The van der Waals surface area contributed by atoms with Gasteiger partial charge in [0.15, 0.2) is 17.9 Å². The van der Waals surface area contributed by atoms with Gasteiger partial charge in [0, 0.05) is 33.5 Å². The first-order valence-electron chi connectivity index (χ1n) is 11.8. The number of ketones is 3. The summed E-state index contributed by atoms with van der Waals surface area (Å²) in [6.07, 6.45) is -1.48. The summed E-state index contributed by atoms with van der Waals surface area (Å²) in [5.74, 6) is -3.42. The molecule has 0 spiro atoms. The number of hydrogen-bond donors (Lipinski definition) is 4. The molecule has 196 valence electrons. The number of hydrogen-bond acceptors (Lipinski definition) is 10. The minimum atomic E-state index is -2.14. The van der Waals surface area contributed by atoms with E-state index in [1.165, 1.54) is 25.3 Å². The maximum Gasteiger partial charge on any atom is 0.202 e. The number of ether oxygens (including phenoxy) is 3. The van der Waals surface area contributed by atoms with Crippen molar-refractivity contribution in [3.63, 3.8) is 0 Å². The van der Waals surface area contributed by atoms with Crippen LogP contribution in [0.15, 0.2) is 18.2 Å². The predicted molar refractivity (Wildman–Crippen MR) is 136 cm³/mol. The molecule has 37 heavy (non-hydrogen) atoms. The highest BCUT2D eigenvalue weighted by atomic mass is 127. The lowest BCUT2D eigenvalue weighted by molar-refractivity contribution is -0.202. The Labute approximate surface area is 225 Å². The van der Waals surface area contributed by atoms with Gasteiger partial charge in [0.1, 0.15) is 29.5 Å². The van der Waals surface area contributed by atoms with Crippen LogP contribution in [0.1, 0.15) is 68.3 Å². The third-order valence-electron chi connectivity index (χ3n) is 7.23. The number of aliphatic hydroxyl groups is 2. The van der Waals surface area contributed by atoms with Crippen LogP contribution in [0.2, 0.25) is 0 Å². The Morgan fingerprint density at radius 3 is 2.51 bits per heavy atom. The highest BCUT2D eigenvalue weighted by Crippen LogP contribution is 2.52. The molecule has 0 radical (unpaired) electrons. The molecule has 10 nitrogen and oxygen atoms in total. The molecule has 4 atom stereocenters. The molecular weight excluding hydrogens is 599 g/mol. The Bertz CT molecular complexity index is 1310. The molecule has 0 amide bonds. The van der Waals surface area contributed by atoms with Gasteiger partial charge >= 0.3 is 0 Å². The Hall–Kier alpha value is -2.58. The van der Waals surface area contributed by atoms with Crippen molar-refractivity contribution in [3.8, 4) is 17.2 Å². The lowest BCUT2D eigenvalue weighted by Gasteiger charge is -2.40. The molecule has 2 aliphatic carbocycles. The fraction of sp³-hybridized carbons (Fsp3) is 0.423. The van der Waals surface area contributed by atoms with Crippen molar-refractivity contribution < 1.29 is 49.0 Å². The van der Waals surface area contributed by atoms with Gasteiger partial charge in [0.2, 0.25) is 5.78 Å². The van der Waals surface area contributed by atoms with Gasteiger partial charge in [-0.1, -0.05) is 34.7 Å². The van der Waals surface area contributed by atoms with Crippen LogP contribution < -0.4 is 4.74 Å². The minimum absolute atomic E-state index is 0.00800. The van der Waals surface area contributed by atoms with E-state index in [0.717, 1.165) is 6.42 Å². The summed E-state index contributed by atoms with van der Waals surface area (Å²) in [7, 11) is 1.35. The first-order valence-corrected chi connectivity index (χ1v) is 13.0. The van der Waals surface area contributed by atoms with Crippen LogP contribution >= 0.6 is 22.6 Å². The Balaban J connectivity index is 1.69. The summed E-state index contributed by atoms with van der Waals surface area (Å²) < 4.78 is 17.4. The van der Waals surface area contributed by atoms with Gasteiger partial charge in [-0.3, -0.25) is 14.4 Å². The summed E-state index contributed by atoms with van der Waals surface area (Å²) in [5.41, 5.74) is -3.14. The molecule has 0 aromatic heterocycles. The van der Waals surface area contributed by atoms with Crippen molar-refractivity contribution in [1.29, 1.82) is 0 Å².